The van der Waals surface area contributed by atoms with Crippen LogP contribution in [-0.4, -0.2) is 34.1 Å². The molecular weight excluding hydrogens is 488 g/mol. The van der Waals surface area contributed by atoms with Crippen LogP contribution in [0.15, 0.2) is 77.6 Å². The third-order valence-corrected chi connectivity index (χ3v) is 6.51. The molecule has 0 spiro atoms. The lowest BCUT2D eigenvalue weighted by atomic mass is 10.1. The molecule has 0 saturated carbocycles. The standard InChI is InChI=1S/C29H31ClN4O3/c1-4-6-18-33(29(36)31-21-13-11-12-20(30)19-21)24(5-2)27-32-23-15-8-7-14-22(23)28(35)34(27)25-16-9-10-17-26(25)37-3/h7-17,19,24H,4-6,18H2,1-3H3,(H,31,36). The highest BCUT2D eigenvalue weighted by atomic mass is 35.5. The van der Waals surface area contributed by atoms with E-state index in [9.17, 15) is 9.59 Å². The number of halogens is 1. The first-order chi connectivity index (χ1) is 18.0. The van der Waals surface area contributed by atoms with Crippen LogP contribution in [0.3, 0.4) is 0 Å². The number of carbonyl (C=O) groups excluding carboxylic acids is 1. The molecule has 4 aromatic rings. The number of methoxy groups -OCH3 is 1. The number of ether oxygens (including phenoxy) is 1. The van der Waals surface area contributed by atoms with E-state index >= 15 is 0 Å². The minimum Gasteiger partial charge on any atom is -0.495 e. The number of nitrogens with one attached hydrogen (secondary N) is 1. The highest BCUT2D eigenvalue weighted by Gasteiger charge is 2.29. The number of carbonyl (C=O) groups is 1. The van der Waals surface area contributed by atoms with Crippen LogP contribution in [-0.2, 0) is 0 Å². The van der Waals surface area contributed by atoms with Crippen LogP contribution in [0.4, 0.5) is 10.5 Å². The Hall–Kier alpha value is -3.84. The molecular formula is C29H31ClN4O3. The van der Waals surface area contributed by atoms with Gasteiger partial charge in [-0.25, -0.2) is 9.78 Å². The molecule has 192 valence electrons. The average Bonchev–Trinajstić information content (AvgIpc) is 2.91. The van der Waals surface area contributed by atoms with Crippen LogP contribution in [0.1, 0.15) is 45.0 Å². The fourth-order valence-corrected chi connectivity index (χ4v) is 4.64. The van der Waals surface area contributed by atoms with Crippen molar-refractivity contribution < 1.29 is 9.53 Å². The van der Waals surface area contributed by atoms with Crippen molar-refractivity contribution in [1.82, 2.24) is 14.5 Å². The van der Waals surface area contributed by atoms with Crippen LogP contribution in [0.2, 0.25) is 5.02 Å². The molecule has 4 rings (SSSR count). The lowest BCUT2D eigenvalue weighted by Gasteiger charge is -2.32. The zero-order valence-corrected chi connectivity index (χ0v) is 22.0. The summed E-state index contributed by atoms with van der Waals surface area (Å²) in [5, 5.41) is 4.00. The molecule has 0 aliphatic rings. The van der Waals surface area contributed by atoms with E-state index in [2.05, 4.69) is 12.2 Å². The molecule has 8 heteroatoms. The number of anilines is 1. The van der Waals surface area contributed by atoms with E-state index in [0.29, 0.717) is 51.8 Å². The van der Waals surface area contributed by atoms with Crippen molar-refractivity contribution in [2.75, 3.05) is 19.0 Å². The van der Waals surface area contributed by atoms with Crippen molar-refractivity contribution in [2.24, 2.45) is 0 Å². The Balaban J connectivity index is 1.90. The van der Waals surface area contributed by atoms with E-state index in [1.54, 1.807) is 46.9 Å². The Morgan fingerprint density at radius 1 is 1.08 bits per heavy atom. The Labute approximate surface area is 221 Å². The summed E-state index contributed by atoms with van der Waals surface area (Å²) < 4.78 is 7.19. The number of aromatic nitrogens is 2. The van der Waals surface area contributed by atoms with Crippen molar-refractivity contribution in [3.8, 4) is 11.4 Å². The topological polar surface area (TPSA) is 76.5 Å². The van der Waals surface area contributed by atoms with Gasteiger partial charge in [0.1, 0.15) is 11.6 Å². The van der Waals surface area contributed by atoms with Gasteiger partial charge in [0.05, 0.1) is 29.7 Å². The molecule has 0 fully saturated rings. The van der Waals surface area contributed by atoms with Crippen LogP contribution >= 0.6 is 11.6 Å². The zero-order valence-electron chi connectivity index (χ0n) is 21.3. The van der Waals surface area contributed by atoms with Crippen LogP contribution in [0, 0.1) is 0 Å². The minimum absolute atomic E-state index is 0.214. The van der Waals surface area contributed by atoms with Gasteiger partial charge in [0.2, 0.25) is 0 Å². The maximum atomic E-state index is 13.9. The van der Waals surface area contributed by atoms with E-state index in [4.69, 9.17) is 21.3 Å². The van der Waals surface area contributed by atoms with Gasteiger partial charge in [0.25, 0.3) is 5.56 Å². The highest BCUT2D eigenvalue weighted by molar-refractivity contribution is 6.30. The van der Waals surface area contributed by atoms with E-state index in [0.717, 1.165) is 12.8 Å². The number of fused-ring (bicyclic) bond motifs is 1. The third-order valence-electron chi connectivity index (χ3n) is 6.28. The van der Waals surface area contributed by atoms with Gasteiger partial charge in [-0.15, -0.1) is 0 Å². The molecule has 0 aliphatic heterocycles. The molecule has 2 amide bonds. The van der Waals surface area contributed by atoms with Crippen molar-refractivity contribution in [3.05, 3.63) is 94.0 Å². The third kappa shape index (κ3) is 5.62. The number of unbranched alkanes of at least 4 members (excludes halogenated alkanes) is 1. The van der Waals surface area contributed by atoms with Crippen molar-refractivity contribution in [2.45, 2.75) is 39.2 Å². The number of hydrogen-bond donors (Lipinski definition) is 1. The van der Waals surface area contributed by atoms with Crippen molar-refractivity contribution in [3.63, 3.8) is 0 Å². The van der Waals surface area contributed by atoms with E-state index in [1.807, 2.05) is 49.4 Å². The number of rotatable bonds is 9. The van der Waals surface area contributed by atoms with Gasteiger partial charge in [-0.1, -0.05) is 62.2 Å². The maximum absolute atomic E-state index is 13.9. The summed E-state index contributed by atoms with van der Waals surface area (Å²) in [6.07, 6.45) is 2.25. The molecule has 0 bridgehead atoms. The number of nitrogens with zero attached hydrogens (tertiary/aromatic N) is 3. The molecule has 1 unspecified atom stereocenters. The quantitative estimate of drug-likeness (QED) is 0.263. The summed E-state index contributed by atoms with van der Waals surface area (Å²) in [6.45, 7) is 4.56. The summed E-state index contributed by atoms with van der Waals surface area (Å²) in [6, 6.07) is 20.9. The normalized spacial score (nSPS) is 11.8. The van der Waals surface area contributed by atoms with Crippen LogP contribution < -0.4 is 15.6 Å². The molecule has 3 aromatic carbocycles. The number of amides is 2. The first-order valence-electron chi connectivity index (χ1n) is 12.5. The van der Waals surface area contributed by atoms with Gasteiger partial charge < -0.3 is 15.0 Å². The molecule has 37 heavy (non-hydrogen) atoms. The summed E-state index contributed by atoms with van der Waals surface area (Å²) in [4.78, 5) is 34.3. The summed E-state index contributed by atoms with van der Waals surface area (Å²) in [5.74, 6) is 1.02. The van der Waals surface area contributed by atoms with E-state index in [1.165, 1.54) is 0 Å². The SMILES string of the molecule is CCCCN(C(=O)Nc1cccc(Cl)c1)C(CC)c1nc2ccccc2c(=O)n1-c1ccccc1OC. The molecule has 1 aromatic heterocycles. The second-order valence-electron chi connectivity index (χ2n) is 8.71. The predicted molar refractivity (Wildman–Crippen MR) is 149 cm³/mol. The molecule has 0 radical (unpaired) electrons. The van der Waals surface area contributed by atoms with E-state index in [-0.39, 0.29) is 11.6 Å². The van der Waals surface area contributed by atoms with E-state index < -0.39 is 6.04 Å². The van der Waals surface area contributed by atoms with Gasteiger partial charge in [-0.3, -0.25) is 9.36 Å². The molecule has 1 heterocycles. The predicted octanol–water partition coefficient (Wildman–Crippen LogP) is 6.83. The first-order valence-corrected chi connectivity index (χ1v) is 12.8. The van der Waals surface area contributed by atoms with Gasteiger partial charge in [0, 0.05) is 17.3 Å². The molecule has 1 atom stereocenters. The Bertz CT molecular complexity index is 1450. The fraction of sp³-hybridized carbons (Fsp3) is 0.276. The minimum atomic E-state index is -0.479. The van der Waals surface area contributed by atoms with Crippen molar-refractivity contribution in [1.29, 1.82) is 0 Å². The molecule has 0 aliphatic carbocycles. The number of benzene rings is 3. The number of urea groups is 1. The average molecular weight is 519 g/mol. The second-order valence-corrected chi connectivity index (χ2v) is 9.15. The number of hydrogen-bond acceptors (Lipinski definition) is 4. The highest BCUT2D eigenvalue weighted by Crippen LogP contribution is 2.30. The second kappa shape index (κ2) is 11.9. The van der Waals surface area contributed by atoms with Gasteiger partial charge in [-0.2, -0.15) is 0 Å². The fourth-order valence-electron chi connectivity index (χ4n) is 4.45. The van der Waals surface area contributed by atoms with Crippen molar-refractivity contribution >= 4 is 34.2 Å². The number of para-hydroxylation sites is 3. The Kier molecular flexibility index (Phi) is 8.46. The molecule has 7 nitrogen and oxygen atoms in total. The largest absolute Gasteiger partial charge is 0.495 e. The summed E-state index contributed by atoms with van der Waals surface area (Å²) in [5.41, 5.74) is 1.54. The van der Waals surface area contributed by atoms with Gasteiger partial charge >= 0.3 is 6.03 Å². The van der Waals surface area contributed by atoms with Gasteiger partial charge in [-0.05, 0) is 55.3 Å². The lowest BCUT2D eigenvalue weighted by molar-refractivity contribution is 0.180. The monoisotopic (exact) mass is 518 g/mol. The summed E-state index contributed by atoms with van der Waals surface area (Å²) >= 11 is 6.14. The Morgan fingerprint density at radius 3 is 2.57 bits per heavy atom. The lowest BCUT2D eigenvalue weighted by Crippen LogP contribution is -2.41. The van der Waals surface area contributed by atoms with Crippen LogP contribution in [0.25, 0.3) is 16.6 Å². The molecule has 1 N–H and O–H groups in total. The summed E-state index contributed by atoms with van der Waals surface area (Å²) in [7, 11) is 1.57. The smallest absolute Gasteiger partial charge is 0.322 e. The molecule has 0 saturated heterocycles. The van der Waals surface area contributed by atoms with Gasteiger partial charge in [0.15, 0.2) is 0 Å². The first kappa shape index (κ1) is 26.2. The maximum Gasteiger partial charge on any atom is 0.322 e. The Morgan fingerprint density at radius 2 is 1.84 bits per heavy atom. The van der Waals surface area contributed by atoms with Crippen LogP contribution in [0.5, 0.6) is 5.75 Å². The zero-order chi connectivity index (χ0) is 26.4.